The molecule has 1 aromatic carbocycles. The van der Waals surface area contributed by atoms with Gasteiger partial charge in [-0.15, -0.1) is 0 Å². The van der Waals surface area contributed by atoms with Gasteiger partial charge in [0, 0.05) is 57.7 Å². The third kappa shape index (κ3) is 8.99. The van der Waals surface area contributed by atoms with Crippen LogP contribution in [-0.4, -0.2) is 51.1 Å². The zero-order chi connectivity index (χ0) is 21.8. The molecule has 0 aliphatic rings. The van der Waals surface area contributed by atoms with Crippen molar-refractivity contribution in [3.05, 3.63) is 48.2 Å². The lowest BCUT2D eigenvalue weighted by Crippen LogP contribution is -2.30. The normalized spacial score (nSPS) is 11.8. The van der Waals surface area contributed by atoms with Crippen LogP contribution in [0.3, 0.4) is 0 Å². The van der Waals surface area contributed by atoms with Gasteiger partial charge in [0.1, 0.15) is 5.75 Å². The van der Waals surface area contributed by atoms with Crippen LogP contribution in [0.4, 0.5) is 18.9 Å². The molecule has 0 amide bonds. The Morgan fingerprint density at radius 2 is 1.97 bits per heavy atom. The molecule has 0 unspecified atom stereocenters. The molecule has 30 heavy (non-hydrogen) atoms. The minimum absolute atomic E-state index is 0.0899. The monoisotopic (exact) mass is 426 g/mol. The van der Waals surface area contributed by atoms with E-state index in [4.69, 9.17) is 9.47 Å². The Hall–Kier alpha value is -3.01. The van der Waals surface area contributed by atoms with E-state index in [1.165, 1.54) is 12.3 Å². The molecule has 0 saturated carbocycles. The summed E-state index contributed by atoms with van der Waals surface area (Å²) in [6.07, 6.45) is -2.23. The van der Waals surface area contributed by atoms with Crippen molar-refractivity contribution in [2.24, 2.45) is 4.99 Å². The van der Waals surface area contributed by atoms with Gasteiger partial charge in [-0.1, -0.05) is 6.07 Å². The number of rotatable bonds is 10. The molecule has 2 N–H and O–H groups in total. The van der Waals surface area contributed by atoms with Crippen molar-refractivity contribution in [1.82, 2.24) is 10.3 Å². The first-order valence-corrected chi connectivity index (χ1v) is 9.23. The van der Waals surface area contributed by atoms with Crippen LogP contribution in [0, 0.1) is 0 Å². The highest BCUT2D eigenvalue weighted by Crippen LogP contribution is 2.19. The molecule has 0 aliphatic heterocycles. The summed E-state index contributed by atoms with van der Waals surface area (Å²) in [4.78, 5) is 7.93. The number of halogens is 3. The molecule has 1 heterocycles. The van der Waals surface area contributed by atoms with Crippen LogP contribution in [0.5, 0.6) is 11.6 Å². The maximum absolute atomic E-state index is 12.3. The lowest BCUT2D eigenvalue weighted by atomic mass is 10.2. The Labute approximate surface area is 173 Å². The fourth-order valence-electron chi connectivity index (χ4n) is 2.35. The summed E-state index contributed by atoms with van der Waals surface area (Å²) < 4.78 is 52.2. The molecule has 0 saturated heterocycles. The van der Waals surface area contributed by atoms with Crippen molar-refractivity contribution in [2.75, 3.05) is 39.3 Å². The summed E-state index contributed by atoms with van der Waals surface area (Å²) in [5.74, 6) is 1.11. The number of hydrogen-bond acceptors (Lipinski definition) is 5. The maximum atomic E-state index is 12.3. The van der Waals surface area contributed by atoms with E-state index < -0.39 is 12.8 Å². The fraction of sp³-hybridized carbons (Fsp3) is 0.400. The molecule has 0 fully saturated rings. The van der Waals surface area contributed by atoms with Crippen LogP contribution in [0.15, 0.2) is 47.6 Å². The van der Waals surface area contributed by atoms with Gasteiger partial charge in [0.15, 0.2) is 12.6 Å². The minimum Gasteiger partial charge on any atom is -0.493 e. The largest absolute Gasteiger partial charge is 0.493 e. The molecule has 0 spiro atoms. The van der Waals surface area contributed by atoms with E-state index in [0.29, 0.717) is 37.0 Å². The lowest BCUT2D eigenvalue weighted by molar-refractivity contribution is -0.154. The van der Waals surface area contributed by atoms with Crippen molar-refractivity contribution in [2.45, 2.75) is 19.1 Å². The van der Waals surface area contributed by atoms with E-state index in [-0.39, 0.29) is 5.88 Å². The summed E-state index contributed by atoms with van der Waals surface area (Å²) in [6.45, 7) is 0.110. The van der Waals surface area contributed by atoms with Gasteiger partial charge < -0.3 is 24.8 Å². The second-order valence-corrected chi connectivity index (χ2v) is 6.18. The number of aromatic nitrogens is 1. The van der Waals surface area contributed by atoms with Crippen LogP contribution in [0.2, 0.25) is 0 Å². The number of methoxy groups -OCH3 is 1. The summed E-state index contributed by atoms with van der Waals surface area (Å²) in [5, 5.41) is 6.23. The number of guanidine groups is 1. The highest BCUT2D eigenvalue weighted by Gasteiger charge is 2.28. The summed E-state index contributed by atoms with van der Waals surface area (Å²) in [6, 6.07) is 10.5. The standard InChI is InChI=1S/C20H25F3N4O3/c1-24-19(27-16-5-3-6-17(12-16)29-10-4-9-28-2)26-13-15-7-8-25-18(11-15)30-14-20(21,22)23/h3,5-8,11-12H,4,9-10,13-14H2,1-2H3,(H2,24,26,27). The molecule has 0 aliphatic carbocycles. The topological polar surface area (TPSA) is 77.0 Å². The molecule has 2 aromatic rings. The first-order chi connectivity index (χ1) is 14.4. The van der Waals surface area contributed by atoms with E-state index >= 15 is 0 Å². The van der Waals surface area contributed by atoms with E-state index in [0.717, 1.165) is 12.1 Å². The second kappa shape index (κ2) is 11.9. The van der Waals surface area contributed by atoms with Crippen LogP contribution in [-0.2, 0) is 11.3 Å². The van der Waals surface area contributed by atoms with Crippen LogP contribution in [0.1, 0.15) is 12.0 Å². The van der Waals surface area contributed by atoms with Gasteiger partial charge in [-0.25, -0.2) is 4.98 Å². The Bertz CT molecular complexity index is 816. The quantitative estimate of drug-likeness (QED) is 0.343. The number of alkyl halides is 3. The van der Waals surface area contributed by atoms with Gasteiger partial charge in [-0.2, -0.15) is 13.2 Å². The van der Waals surface area contributed by atoms with Crippen molar-refractivity contribution >= 4 is 11.6 Å². The summed E-state index contributed by atoms with van der Waals surface area (Å²) in [7, 11) is 3.26. The number of hydrogen-bond donors (Lipinski definition) is 2. The number of nitrogens with one attached hydrogen (secondary N) is 2. The molecule has 0 atom stereocenters. The second-order valence-electron chi connectivity index (χ2n) is 6.18. The smallest absolute Gasteiger partial charge is 0.422 e. The molecule has 2 rings (SSSR count). The Morgan fingerprint density at radius 3 is 2.70 bits per heavy atom. The van der Waals surface area contributed by atoms with Crippen LogP contribution in [0.25, 0.3) is 0 Å². The van der Waals surface area contributed by atoms with Gasteiger partial charge in [0.25, 0.3) is 0 Å². The van der Waals surface area contributed by atoms with Crippen LogP contribution < -0.4 is 20.1 Å². The summed E-state index contributed by atoms with van der Waals surface area (Å²) in [5.41, 5.74) is 1.47. The zero-order valence-corrected chi connectivity index (χ0v) is 16.8. The number of aliphatic imine (C=N–C) groups is 1. The molecular weight excluding hydrogens is 401 g/mol. The number of pyridine rings is 1. The first kappa shape index (κ1) is 23.3. The highest BCUT2D eigenvalue weighted by atomic mass is 19.4. The third-order valence-electron chi connectivity index (χ3n) is 3.72. The number of benzene rings is 1. The number of nitrogens with zero attached hydrogens (tertiary/aromatic N) is 2. The van der Waals surface area contributed by atoms with E-state index in [1.54, 1.807) is 20.2 Å². The Balaban J connectivity index is 1.88. The minimum atomic E-state index is -4.41. The van der Waals surface area contributed by atoms with Gasteiger partial charge in [0.2, 0.25) is 5.88 Å². The van der Waals surface area contributed by atoms with Crippen LogP contribution >= 0.6 is 0 Å². The van der Waals surface area contributed by atoms with E-state index in [1.807, 2.05) is 24.3 Å². The molecule has 10 heteroatoms. The Kier molecular flexibility index (Phi) is 9.20. The first-order valence-electron chi connectivity index (χ1n) is 9.23. The van der Waals surface area contributed by atoms with Gasteiger partial charge in [0.05, 0.1) is 6.61 Å². The molecule has 164 valence electrons. The predicted molar refractivity (Wildman–Crippen MR) is 108 cm³/mol. The SMILES string of the molecule is CN=C(NCc1ccnc(OCC(F)(F)F)c1)Nc1cccc(OCCCOC)c1. The number of anilines is 1. The Morgan fingerprint density at radius 1 is 1.13 bits per heavy atom. The molecule has 1 aromatic heterocycles. The van der Waals surface area contributed by atoms with Crippen molar-refractivity contribution in [3.8, 4) is 11.6 Å². The molecule has 0 radical (unpaired) electrons. The van der Waals surface area contributed by atoms with Gasteiger partial charge in [-0.3, -0.25) is 4.99 Å². The average molecular weight is 426 g/mol. The van der Waals surface area contributed by atoms with Crippen molar-refractivity contribution < 1.29 is 27.4 Å². The lowest BCUT2D eigenvalue weighted by Gasteiger charge is -2.14. The van der Waals surface area contributed by atoms with E-state index in [9.17, 15) is 13.2 Å². The average Bonchev–Trinajstić information content (AvgIpc) is 2.73. The van der Waals surface area contributed by atoms with E-state index in [2.05, 4.69) is 25.3 Å². The zero-order valence-electron chi connectivity index (χ0n) is 16.8. The third-order valence-corrected chi connectivity index (χ3v) is 3.72. The van der Waals surface area contributed by atoms with Crippen molar-refractivity contribution in [3.63, 3.8) is 0 Å². The molecule has 7 nitrogen and oxygen atoms in total. The predicted octanol–water partition coefficient (Wildman–Crippen LogP) is 3.63. The molecule has 0 bridgehead atoms. The highest BCUT2D eigenvalue weighted by molar-refractivity contribution is 5.93. The van der Waals surface area contributed by atoms with Crippen molar-refractivity contribution in [1.29, 1.82) is 0 Å². The maximum Gasteiger partial charge on any atom is 0.422 e. The van der Waals surface area contributed by atoms with Gasteiger partial charge >= 0.3 is 6.18 Å². The van der Waals surface area contributed by atoms with Gasteiger partial charge in [-0.05, 0) is 23.8 Å². The summed E-state index contributed by atoms with van der Waals surface area (Å²) >= 11 is 0. The molecular formula is C20H25F3N4O3. The fourth-order valence-corrected chi connectivity index (χ4v) is 2.35. The number of ether oxygens (including phenoxy) is 3.